The van der Waals surface area contributed by atoms with Crippen LogP contribution in [0.5, 0.6) is 5.75 Å². The molecule has 0 aliphatic rings. The quantitative estimate of drug-likeness (QED) is 0.340. The molecule has 0 aromatic heterocycles. The van der Waals surface area contributed by atoms with Crippen molar-refractivity contribution in [3.8, 4) is 5.75 Å². The maximum absolute atomic E-state index is 12.8. The second kappa shape index (κ2) is 5.35. The summed E-state index contributed by atoms with van der Waals surface area (Å²) < 4.78 is 41.9. The Morgan fingerprint density at radius 3 is 2.65 bits per heavy atom. The highest BCUT2D eigenvalue weighted by Gasteiger charge is 2.42. The molecule has 4 nitrogen and oxygen atoms in total. The van der Waals surface area contributed by atoms with Crippen molar-refractivity contribution < 1.29 is 17.9 Å². The zero-order valence-electron chi connectivity index (χ0n) is 7.95. The lowest BCUT2D eigenvalue weighted by Crippen LogP contribution is -2.32. The number of nitrogens with zero attached hydrogens (tertiary/aromatic N) is 3. The van der Waals surface area contributed by atoms with E-state index < -0.39 is 17.5 Å². The molecule has 0 spiro atoms. The number of rotatable bonds is 4. The van der Waals surface area contributed by atoms with E-state index in [1.54, 1.807) is 0 Å². The fourth-order valence-corrected chi connectivity index (χ4v) is 1.08. The maximum Gasteiger partial charge on any atom is 0.444 e. The summed E-state index contributed by atoms with van der Waals surface area (Å²) in [5, 5.41) is 3.18. The van der Waals surface area contributed by atoms with E-state index in [0.717, 1.165) is 12.1 Å². The van der Waals surface area contributed by atoms with Crippen LogP contribution in [-0.4, -0.2) is 11.7 Å². The van der Waals surface area contributed by atoms with Gasteiger partial charge in [0.15, 0.2) is 0 Å². The van der Waals surface area contributed by atoms with Gasteiger partial charge in [-0.25, -0.2) is 4.39 Å². The minimum atomic E-state index is -4.19. The van der Waals surface area contributed by atoms with Crippen molar-refractivity contribution in [2.24, 2.45) is 5.11 Å². The molecule has 0 radical (unpaired) electrons. The highest BCUT2D eigenvalue weighted by Crippen LogP contribution is 2.34. The zero-order valence-corrected chi connectivity index (χ0v) is 9.46. The van der Waals surface area contributed by atoms with Crippen LogP contribution >= 0.6 is 23.2 Å². The molecule has 1 aromatic rings. The highest BCUT2D eigenvalue weighted by atomic mass is 35.5. The van der Waals surface area contributed by atoms with Gasteiger partial charge in [-0.15, -0.1) is 0 Å². The van der Waals surface area contributed by atoms with E-state index in [-0.39, 0.29) is 10.7 Å². The van der Waals surface area contributed by atoms with Crippen LogP contribution in [-0.2, 0) is 0 Å². The average molecular weight is 286 g/mol. The predicted octanol–water partition coefficient (Wildman–Crippen LogP) is 4.79. The standard InChI is InChI=1S/C8H4Cl2F3N3O/c9-5-2-1-4(3-6(5)15-16-14)17-8(12,13)7(10)11/h1-3,7H. The monoisotopic (exact) mass is 285 g/mol. The molecule has 92 valence electrons. The molecule has 0 bridgehead atoms. The molecule has 0 heterocycles. The minimum absolute atomic E-state index is 0.0427. The Balaban J connectivity index is 3.01. The number of azide groups is 1. The smallest absolute Gasteiger partial charge is 0.429 e. The van der Waals surface area contributed by atoms with Gasteiger partial charge >= 0.3 is 6.11 Å². The van der Waals surface area contributed by atoms with Gasteiger partial charge in [-0.1, -0.05) is 28.3 Å². The van der Waals surface area contributed by atoms with E-state index in [0.29, 0.717) is 0 Å². The summed E-state index contributed by atoms with van der Waals surface area (Å²) in [5.74, 6) is -0.426. The van der Waals surface area contributed by atoms with E-state index in [1.165, 1.54) is 6.07 Å². The molecular weight excluding hydrogens is 282 g/mol. The molecule has 0 fully saturated rings. The minimum Gasteiger partial charge on any atom is -0.429 e. The normalized spacial score (nSPS) is 12.8. The van der Waals surface area contributed by atoms with E-state index in [4.69, 9.17) is 17.1 Å². The topological polar surface area (TPSA) is 58.0 Å². The first-order valence-electron chi connectivity index (χ1n) is 4.06. The van der Waals surface area contributed by atoms with Gasteiger partial charge in [0.05, 0.1) is 10.7 Å². The Morgan fingerprint density at radius 1 is 1.47 bits per heavy atom. The summed E-state index contributed by atoms with van der Waals surface area (Å²) in [7, 11) is 0. The average Bonchev–Trinajstić information content (AvgIpc) is 2.23. The van der Waals surface area contributed by atoms with Crippen molar-refractivity contribution in [2.75, 3.05) is 0 Å². The first kappa shape index (κ1) is 13.8. The van der Waals surface area contributed by atoms with Crippen LogP contribution in [0.25, 0.3) is 10.4 Å². The van der Waals surface area contributed by atoms with Gasteiger partial charge in [0.2, 0.25) is 0 Å². The molecule has 0 N–H and O–H groups in total. The summed E-state index contributed by atoms with van der Waals surface area (Å²) in [4.78, 5) is 2.44. The van der Waals surface area contributed by atoms with Crippen molar-refractivity contribution in [2.45, 2.75) is 11.7 Å². The number of ether oxygens (including phenoxy) is 1. The van der Waals surface area contributed by atoms with Gasteiger partial charge in [0, 0.05) is 4.91 Å². The Kier molecular flexibility index (Phi) is 4.34. The van der Waals surface area contributed by atoms with Gasteiger partial charge in [0.25, 0.3) is 5.63 Å². The number of alkyl halides is 4. The molecule has 0 aliphatic heterocycles. The third kappa shape index (κ3) is 3.59. The van der Waals surface area contributed by atoms with Crippen LogP contribution in [0, 0.1) is 0 Å². The summed E-state index contributed by atoms with van der Waals surface area (Å²) in [6.45, 7) is 0. The van der Waals surface area contributed by atoms with Crippen molar-refractivity contribution in [3.63, 3.8) is 0 Å². The molecule has 0 amide bonds. The molecule has 0 saturated carbocycles. The Morgan fingerprint density at radius 2 is 2.12 bits per heavy atom. The lowest BCUT2D eigenvalue weighted by atomic mass is 10.3. The zero-order chi connectivity index (χ0) is 13.1. The SMILES string of the molecule is [N-]=[N+]=Nc1cc(OC(F)(F)C(F)Cl)ccc1Cl. The van der Waals surface area contributed by atoms with Crippen LogP contribution in [0.4, 0.5) is 18.9 Å². The fourth-order valence-electron chi connectivity index (χ4n) is 0.882. The first-order chi connectivity index (χ1) is 7.86. The molecule has 9 heteroatoms. The van der Waals surface area contributed by atoms with Crippen LogP contribution in [0.15, 0.2) is 23.3 Å². The van der Waals surface area contributed by atoms with E-state index in [1.807, 2.05) is 0 Å². The lowest BCUT2D eigenvalue weighted by molar-refractivity contribution is -0.198. The summed E-state index contributed by atoms with van der Waals surface area (Å²) in [6.07, 6.45) is -4.19. The van der Waals surface area contributed by atoms with Crippen LogP contribution in [0.2, 0.25) is 5.02 Å². The Hall–Kier alpha value is -1.30. The molecule has 17 heavy (non-hydrogen) atoms. The van der Waals surface area contributed by atoms with E-state index in [9.17, 15) is 13.2 Å². The maximum atomic E-state index is 12.8. The number of halogens is 5. The van der Waals surface area contributed by atoms with Gasteiger partial charge in [0.1, 0.15) is 5.75 Å². The predicted molar refractivity (Wildman–Crippen MR) is 56.6 cm³/mol. The largest absolute Gasteiger partial charge is 0.444 e. The lowest BCUT2D eigenvalue weighted by Gasteiger charge is -2.17. The molecule has 0 aliphatic carbocycles. The fraction of sp³-hybridized carbons (Fsp3) is 0.250. The van der Waals surface area contributed by atoms with E-state index in [2.05, 4.69) is 26.4 Å². The highest BCUT2D eigenvalue weighted by molar-refractivity contribution is 6.33. The molecule has 1 unspecified atom stereocenters. The van der Waals surface area contributed by atoms with Gasteiger partial charge < -0.3 is 4.74 Å². The Labute approximate surface area is 104 Å². The van der Waals surface area contributed by atoms with Crippen molar-refractivity contribution in [3.05, 3.63) is 33.7 Å². The Bertz CT molecular complexity index is 463. The van der Waals surface area contributed by atoms with Gasteiger partial charge in [-0.3, -0.25) is 0 Å². The molecule has 1 atom stereocenters. The number of hydrogen-bond donors (Lipinski definition) is 0. The van der Waals surface area contributed by atoms with Crippen LogP contribution in [0.3, 0.4) is 0 Å². The number of hydrogen-bond acceptors (Lipinski definition) is 2. The van der Waals surface area contributed by atoms with Gasteiger partial charge in [-0.05, 0) is 23.7 Å². The molecular formula is C8H4Cl2F3N3O. The third-order valence-electron chi connectivity index (χ3n) is 1.58. The molecule has 0 saturated heterocycles. The van der Waals surface area contributed by atoms with Crippen molar-refractivity contribution >= 4 is 28.9 Å². The second-order valence-corrected chi connectivity index (χ2v) is 3.56. The number of benzene rings is 1. The summed E-state index contributed by atoms with van der Waals surface area (Å²) in [5.41, 5.74) is 5.07. The second-order valence-electron chi connectivity index (χ2n) is 2.77. The molecule has 1 rings (SSSR count). The summed E-state index contributed by atoms with van der Waals surface area (Å²) in [6, 6.07) is 3.17. The summed E-state index contributed by atoms with van der Waals surface area (Å²) >= 11 is 10.2. The molecule has 1 aromatic carbocycles. The first-order valence-corrected chi connectivity index (χ1v) is 4.88. The van der Waals surface area contributed by atoms with Gasteiger partial charge in [-0.2, -0.15) is 8.78 Å². The van der Waals surface area contributed by atoms with E-state index >= 15 is 0 Å². The van der Waals surface area contributed by atoms with Crippen LogP contribution in [0.1, 0.15) is 0 Å². The third-order valence-corrected chi connectivity index (χ3v) is 2.15. The van der Waals surface area contributed by atoms with Crippen molar-refractivity contribution in [1.82, 2.24) is 0 Å². The van der Waals surface area contributed by atoms with Crippen LogP contribution < -0.4 is 4.74 Å². The van der Waals surface area contributed by atoms with Crippen molar-refractivity contribution in [1.29, 1.82) is 0 Å².